The molecule has 0 aliphatic rings. The van der Waals surface area contributed by atoms with Crippen molar-refractivity contribution < 1.29 is 0 Å². The summed E-state index contributed by atoms with van der Waals surface area (Å²) < 4.78 is 0. The topological polar surface area (TPSA) is 102 Å². The van der Waals surface area contributed by atoms with E-state index in [0.717, 1.165) is 12.1 Å². The van der Waals surface area contributed by atoms with Crippen molar-refractivity contribution in [2.24, 2.45) is 0 Å². The molecule has 0 N–H and O–H groups in total. The molecule has 0 aliphatic carbocycles. The van der Waals surface area contributed by atoms with Crippen molar-refractivity contribution >= 4 is 21.5 Å². The maximum atomic E-state index is 11.4. The van der Waals surface area contributed by atoms with E-state index in [1.807, 2.05) is 0 Å². The zero-order valence-corrected chi connectivity index (χ0v) is 8.60. The minimum Gasteiger partial charge on any atom is -0.285 e. The van der Waals surface area contributed by atoms with Gasteiger partial charge in [-0.05, 0) is 12.1 Å². The van der Waals surface area contributed by atoms with E-state index in [1.54, 1.807) is 0 Å². The van der Waals surface area contributed by atoms with E-state index in [4.69, 9.17) is 0 Å². The fourth-order valence-electron chi connectivity index (χ4n) is 2.05. The molecule has 0 saturated heterocycles. The lowest BCUT2D eigenvalue weighted by molar-refractivity contribution is 1.55. The Morgan fingerprint density at radius 1 is 0.389 bits per heavy atom. The van der Waals surface area contributed by atoms with Crippen molar-refractivity contribution in [3.05, 3.63) is 73.5 Å². The Balaban J connectivity index is 2.87. The molecule has 0 fully saturated rings. The van der Waals surface area contributed by atoms with Crippen LogP contribution >= 0.6 is 0 Å². The summed E-state index contributed by atoms with van der Waals surface area (Å²) in [5.74, 6) is 0. The third-order valence-electron chi connectivity index (χ3n) is 2.96. The molecule has 0 spiro atoms. The largest absolute Gasteiger partial charge is 0.285 e. The highest BCUT2D eigenvalue weighted by Crippen LogP contribution is 2.11. The summed E-state index contributed by atoms with van der Waals surface area (Å²) in [6.07, 6.45) is 0. The summed E-state index contributed by atoms with van der Waals surface area (Å²) in [6.45, 7) is 0. The molecule has 0 aromatic heterocycles. The molecule has 0 heterocycles. The Bertz CT molecular complexity index is 946. The van der Waals surface area contributed by atoms with Crippen molar-refractivity contribution in [1.82, 2.24) is 0 Å². The van der Waals surface area contributed by atoms with Gasteiger partial charge in [-0.3, -0.25) is 28.8 Å². The van der Waals surface area contributed by atoms with Gasteiger partial charge < -0.3 is 0 Å². The average molecular weight is 242 g/mol. The molecular weight excluding hydrogens is 240 g/mol. The molecule has 6 nitrogen and oxygen atoms in total. The first-order valence-electron chi connectivity index (χ1n) is 4.88. The quantitative estimate of drug-likeness (QED) is 0.418. The Labute approximate surface area is 95.7 Å². The van der Waals surface area contributed by atoms with Crippen molar-refractivity contribution in [3.63, 3.8) is 0 Å². The molecule has 0 amide bonds. The highest BCUT2D eigenvalue weighted by atomic mass is 16.2. The first-order valence-corrected chi connectivity index (χ1v) is 4.88. The van der Waals surface area contributed by atoms with Gasteiger partial charge in [0.1, 0.15) is 0 Å². The number of fused-ring (bicyclic) bond motifs is 2. The van der Waals surface area contributed by atoms with Crippen LogP contribution in [-0.2, 0) is 0 Å². The summed E-state index contributed by atoms with van der Waals surface area (Å²) in [5.41, 5.74) is -6.45. The molecule has 86 valence electrons. The smallest absolute Gasteiger partial charge is 0.273 e. The lowest BCUT2D eigenvalue weighted by atomic mass is 10.1. The maximum absolute atomic E-state index is 11.4. The number of rotatable bonds is 0. The minimum atomic E-state index is -1.19. The van der Waals surface area contributed by atoms with Gasteiger partial charge in [-0.2, -0.15) is 0 Å². The minimum absolute atomic E-state index is 0.223. The maximum Gasteiger partial charge on any atom is 0.273 e. The van der Waals surface area contributed by atoms with E-state index in [1.165, 1.54) is 0 Å². The molecule has 0 radical (unpaired) electrons. The monoisotopic (exact) mass is 242 g/mol. The van der Waals surface area contributed by atoms with Crippen LogP contribution in [0, 0.1) is 0 Å². The molecule has 3 aromatic rings. The zero-order chi connectivity index (χ0) is 13.2. The van der Waals surface area contributed by atoms with Crippen LogP contribution in [0.3, 0.4) is 0 Å². The van der Waals surface area contributed by atoms with Crippen LogP contribution in [0.4, 0.5) is 0 Å². The van der Waals surface area contributed by atoms with Crippen LogP contribution in [0.25, 0.3) is 21.5 Å². The van der Waals surface area contributed by atoms with E-state index in [-0.39, 0.29) is 21.5 Å². The first-order chi connectivity index (χ1) is 8.43. The predicted molar refractivity (Wildman–Crippen MR) is 63.8 cm³/mol. The van der Waals surface area contributed by atoms with Gasteiger partial charge in [0.25, 0.3) is 10.9 Å². The van der Waals surface area contributed by atoms with Crippen molar-refractivity contribution in [2.45, 2.75) is 0 Å². The summed E-state index contributed by atoms with van der Waals surface area (Å²) >= 11 is 0. The molecule has 0 unspecified atom stereocenters. The van der Waals surface area contributed by atoms with E-state index < -0.39 is 32.6 Å². The summed E-state index contributed by atoms with van der Waals surface area (Å²) in [5, 5.41) is -0.890. The van der Waals surface area contributed by atoms with Gasteiger partial charge in [-0.1, -0.05) is 0 Å². The first kappa shape index (κ1) is 10.4. The number of hydrogen-bond acceptors (Lipinski definition) is 6. The second-order valence-corrected chi connectivity index (χ2v) is 3.92. The van der Waals surface area contributed by atoms with Crippen LogP contribution in [0.15, 0.2) is 40.9 Å². The van der Waals surface area contributed by atoms with Crippen LogP contribution in [-0.4, -0.2) is 0 Å². The van der Waals surface area contributed by atoms with E-state index in [9.17, 15) is 28.8 Å². The molecule has 0 atom stereocenters. The molecule has 18 heavy (non-hydrogen) atoms. The zero-order valence-electron chi connectivity index (χ0n) is 8.60. The van der Waals surface area contributed by atoms with Crippen LogP contribution in [0.5, 0.6) is 0 Å². The highest BCUT2D eigenvalue weighted by molar-refractivity contribution is 5.99. The summed E-state index contributed by atoms with van der Waals surface area (Å²) in [4.78, 5) is 68.1. The van der Waals surface area contributed by atoms with Gasteiger partial charge >= 0.3 is 0 Å². The van der Waals surface area contributed by atoms with Gasteiger partial charge in [-0.15, -0.1) is 0 Å². The lowest BCUT2D eigenvalue weighted by Crippen LogP contribution is -2.30. The predicted octanol–water partition coefficient (Wildman–Crippen LogP) is -2.09. The summed E-state index contributed by atoms with van der Waals surface area (Å²) in [6, 6.07) is 1.95. The normalized spacial score (nSPS) is 11.6. The molecule has 3 rings (SSSR count). The third kappa shape index (κ3) is 0.969. The molecule has 3 aromatic carbocycles. The average Bonchev–Trinajstić information content (AvgIpc) is 2.71. The van der Waals surface area contributed by atoms with Gasteiger partial charge in [0.15, 0.2) is 0 Å². The Hall–Kier alpha value is -2.76. The van der Waals surface area contributed by atoms with Crippen LogP contribution < -0.4 is 32.6 Å². The SMILES string of the molecule is O=c1c(=O)c2cc3c(=O)c(=O)c(=O)c3cc2c1=O. The lowest BCUT2D eigenvalue weighted by Gasteiger charge is -1.87. The van der Waals surface area contributed by atoms with Crippen LogP contribution in [0.2, 0.25) is 0 Å². The second kappa shape index (κ2) is 2.92. The van der Waals surface area contributed by atoms with Crippen molar-refractivity contribution in [2.75, 3.05) is 0 Å². The molecule has 0 saturated carbocycles. The van der Waals surface area contributed by atoms with E-state index in [0.29, 0.717) is 0 Å². The number of benzene rings is 1. The van der Waals surface area contributed by atoms with Gasteiger partial charge in [0.05, 0.1) is 0 Å². The Kier molecular flexibility index (Phi) is 1.69. The van der Waals surface area contributed by atoms with E-state index >= 15 is 0 Å². The molecule has 0 bridgehead atoms. The fourth-order valence-corrected chi connectivity index (χ4v) is 2.05. The second-order valence-electron chi connectivity index (χ2n) is 3.92. The Morgan fingerprint density at radius 2 is 0.611 bits per heavy atom. The van der Waals surface area contributed by atoms with Gasteiger partial charge in [0, 0.05) is 21.5 Å². The standard InChI is InChI=1S/C12H2O6/c13-7-3-1-4-6(10(16)12(18)8(4)14)2-5(3)9(15)11(7)17/h1-2H. The fraction of sp³-hybridized carbons (Fsp3) is 0. The van der Waals surface area contributed by atoms with Crippen molar-refractivity contribution in [1.29, 1.82) is 0 Å². The molecule has 6 heteroatoms. The Morgan fingerprint density at radius 3 is 0.833 bits per heavy atom. The van der Waals surface area contributed by atoms with E-state index in [2.05, 4.69) is 0 Å². The summed E-state index contributed by atoms with van der Waals surface area (Å²) in [7, 11) is 0. The molecule has 0 aliphatic heterocycles. The highest BCUT2D eigenvalue weighted by Gasteiger charge is 2.18. The van der Waals surface area contributed by atoms with Gasteiger partial charge in [0.2, 0.25) is 21.7 Å². The third-order valence-corrected chi connectivity index (χ3v) is 2.96. The molecular formula is C12H2O6. The van der Waals surface area contributed by atoms with Crippen LogP contribution in [0.1, 0.15) is 0 Å². The van der Waals surface area contributed by atoms with Crippen molar-refractivity contribution in [3.8, 4) is 0 Å². The number of hydrogen-bond donors (Lipinski definition) is 0. The van der Waals surface area contributed by atoms with Gasteiger partial charge in [-0.25, -0.2) is 0 Å².